The van der Waals surface area contributed by atoms with E-state index in [-0.39, 0.29) is 0 Å². The molecule has 0 aromatic heterocycles. The molecule has 0 saturated heterocycles. The molecule has 0 radical (unpaired) electrons. The minimum atomic E-state index is -1.81. The molecule has 0 aliphatic heterocycles. The molecule has 2 fully saturated rings. The second-order valence-electron chi connectivity index (χ2n) is 9.26. The van der Waals surface area contributed by atoms with Gasteiger partial charge in [0.1, 0.15) is 0 Å². The summed E-state index contributed by atoms with van der Waals surface area (Å²) in [4.78, 5) is 0. The molecule has 0 amide bonds. The van der Waals surface area contributed by atoms with Crippen LogP contribution in [0.15, 0.2) is 50.6 Å². The van der Waals surface area contributed by atoms with E-state index in [2.05, 4.69) is 76.8 Å². The van der Waals surface area contributed by atoms with Gasteiger partial charge in [0.15, 0.2) is 16.6 Å². The van der Waals surface area contributed by atoms with Crippen molar-refractivity contribution in [1.82, 2.24) is 0 Å². The second-order valence-corrected chi connectivity index (χ2v) is 18.0. The van der Waals surface area contributed by atoms with Gasteiger partial charge in [0.25, 0.3) is 0 Å². The van der Waals surface area contributed by atoms with Crippen molar-refractivity contribution in [3.05, 3.63) is 50.6 Å². The van der Waals surface area contributed by atoms with E-state index in [0.29, 0.717) is 34.8 Å². The predicted octanol–water partition coefficient (Wildman–Crippen LogP) is 6.95. The molecule has 0 N–H and O–H groups in total. The highest BCUT2D eigenvalue weighted by Crippen LogP contribution is 2.52. The topological polar surface area (TPSA) is 9.23 Å². The quantitative estimate of drug-likeness (QED) is 0.330. The minimum absolute atomic E-state index is 0.592. The molecule has 0 aromatic rings. The zero-order valence-electron chi connectivity index (χ0n) is 16.8. The van der Waals surface area contributed by atoms with Gasteiger partial charge in [0.05, 0.1) is 0 Å². The van der Waals surface area contributed by atoms with Crippen LogP contribution in [0.5, 0.6) is 0 Å². The van der Waals surface area contributed by atoms with Crippen LogP contribution in [0.25, 0.3) is 0 Å². The first-order chi connectivity index (χ1) is 11.7. The van der Waals surface area contributed by atoms with E-state index in [4.69, 9.17) is 4.12 Å². The van der Waals surface area contributed by atoms with E-state index in [1.54, 1.807) is 0 Å². The van der Waals surface area contributed by atoms with Gasteiger partial charge in [-0.3, -0.25) is 0 Å². The smallest absolute Gasteiger partial charge is 0.177 e. The molecule has 0 bridgehead atoms. The van der Waals surface area contributed by atoms with Gasteiger partial charge >= 0.3 is 0 Å². The highest BCUT2D eigenvalue weighted by atomic mass is 28.4. The molecular weight excluding hydrogens is 336 g/mol. The van der Waals surface area contributed by atoms with E-state index < -0.39 is 16.6 Å². The fourth-order valence-corrected chi connectivity index (χ4v) is 16.5. The Morgan fingerprint density at radius 3 is 1.28 bits per heavy atom. The molecule has 2 aliphatic carbocycles. The van der Waals surface area contributed by atoms with Crippen molar-refractivity contribution in [1.29, 1.82) is 0 Å². The number of allylic oxidation sites excluding steroid dienone is 4. The highest BCUT2D eigenvalue weighted by molar-refractivity contribution is 6.86. The summed E-state index contributed by atoms with van der Waals surface area (Å²) in [6, 6.07) is 0. The molecule has 2 aliphatic rings. The van der Waals surface area contributed by atoms with E-state index in [9.17, 15) is 0 Å². The van der Waals surface area contributed by atoms with Crippen molar-refractivity contribution < 1.29 is 4.12 Å². The van der Waals surface area contributed by atoms with Gasteiger partial charge in [0, 0.05) is 0 Å². The van der Waals surface area contributed by atoms with E-state index >= 15 is 0 Å². The van der Waals surface area contributed by atoms with E-state index in [1.165, 1.54) is 25.7 Å². The summed E-state index contributed by atoms with van der Waals surface area (Å²) in [5.74, 6) is 2.44. The van der Waals surface area contributed by atoms with Crippen molar-refractivity contribution in [3.63, 3.8) is 0 Å². The zero-order valence-corrected chi connectivity index (χ0v) is 18.8. The Bertz CT molecular complexity index is 476. The summed E-state index contributed by atoms with van der Waals surface area (Å²) in [6.07, 6.45) is 13.5. The lowest BCUT2D eigenvalue weighted by Crippen LogP contribution is -2.51. The fraction of sp³-hybridized carbons (Fsp3) is 0.636. The number of hydrogen-bond acceptors (Lipinski definition) is 1. The predicted molar refractivity (Wildman–Crippen MR) is 117 cm³/mol. The molecule has 2 rings (SSSR count). The van der Waals surface area contributed by atoms with Crippen LogP contribution in [0.4, 0.5) is 0 Å². The lowest BCUT2D eigenvalue weighted by Gasteiger charge is -2.43. The maximum Gasteiger partial charge on any atom is 0.177 e. The van der Waals surface area contributed by atoms with Crippen LogP contribution in [0.3, 0.4) is 0 Å². The molecule has 25 heavy (non-hydrogen) atoms. The van der Waals surface area contributed by atoms with Crippen LogP contribution in [-0.2, 0) is 4.12 Å². The first-order valence-corrected chi connectivity index (χ1v) is 15.9. The number of rotatable bonds is 8. The lowest BCUT2D eigenvalue weighted by atomic mass is 10.1. The van der Waals surface area contributed by atoms with Crippen LogP contribution in [0.1, 0.15) is 25.7 Å². The van der Waals surface area contributed by atoms with Crippen LogP contribution in [0.2, 0.25) is 37.3 Å². The zero-order chi connectivity index (χ0) is 18.8. The van der Waals surface area contributed by atoms with Gasteiger partial charge in [-0.15, -0.1) is 26.3 Å². The first-order valence-electron chi connectivity index (χ1n) is 9.88. The maximum absolute atomic E-state index is 7.16. The van der Waals surface area contributed by atoms with Crippen molar-refractivity contribution in [3.8, 4) is 0 Å². The molecule has 6 unspecified atom stereocenters. The summed E-state index contributed by atoms with van der Waals surface area (Å²) in [5, 5.41) is 0. The van der Waals surface area contributed by atoms with Gasteiger partial charge in [-0.2, -0.15) is 0 Å². The Kier molecular flexibility index (Phi) is 6.56. The Morgan fingerprint density at radius 2 is 1.00 bits per heavy atom. The third-order valence-electron chi connectivity index (χ3n) is 6.88. The molecular formula is C22H38OSi2. The SMILES string of the molecule is C=CC1CC(C=C)C([Si](C)(C)O[Si](C)(C)C2CC(C=C)CC2C=C)C1. The van der Waals surface area contributed by atoms with Gasteiger partial charge in [0.2, 0.25) is 0 Å². The molecule has 6 atom stereocenters. The summed E-state index contributed by atoms with van der Waals surface area (Å²) < 4.78 is 7.16. The Labute approximate surface area is 158 Å². The third kappa shape index (κ3) is 4.37. The maximum atomic E-state index is 7.16. The average Bonchev–Trinajstić information content (AvgIpc) is 3.18. The summed E-state index contributed by atoms with van der Waals surface area (Å²) in [7, 11) is -3.61. The van der Waals surface area contributed by atoms with Crippen LogP contribution in [0, 0.1) is 23.7 Å². The molecule has 3 heteroatoms. The normalized spacial score (nSPS) is 36.2. The molecule has 0 heterocycles. The van der Waals surface area contributed by atoms with Gasteiger partial charge in [-0.05, 0) is 86.6 Å². The van der Waals surface area contributed by atoms with Crippen molar-refractivity contribution >= 4 is 16.6 Å². The summed E-state index contributed by atoms with van der Waals surface area (Å²) in [6.45, 7) is 26.1. The highest BCUT2D eigenvalue weighted by Gasteiger charge is 2.50. The van der Waals surface area contributed by atoms with E-state index in [1.807, 2.05) is 0 Å². The fourth-order valence-electron chi connectivity index (χ4n) is 5.56. The summed E-state index contributed by atoms with van der Waals surface area (Å²) >= 11 is 0. The first kappa shape index (κ1) is 20.7. The molecule has 140 valence electrons. The largest absolute Gasteiger partial charge is 0.455 e. The third-order valence-corrected chi connectivity index (χ3v) is 16.0. The Hall–Kier alpha value is -0.646. The molecule has 0 spiro atoms. The van der Waals surface area contributed by atoms with Crippen molar-refractivity contribution in [2.45, 2.75) is 63.0 Å². The number of hydrogen-bond donors (Lipinski definition) is 0. The average molecular weight is 375 g/mol. The van der Waals surface area contributed by atoms with Crippen molar-refractivity contribution in [2.75, 3.05) is 0 Å². The minimum Gasteiger partial charge on any atom is -0.455 e. The van der Waals surface area contributed by atoms with Crippen LogP contribution >= 0.6 is 0 Å². The van der Waals surface area contributed by atoms with E-state index in [0.717, 1.165) is 0 Å². The standard InChI is InChI=1S/C22H38OSi2/c1-9-17-13-19(11-3)21(15-17)24(5,6)23-25(7,8)22-16-18(10-2)14-20(22)12-4/h9-12,17-22H,1-4,13-16H2,5-8H3. The summed E-state index contributed by atoms with van der Waals surface area (Å²) in [5.41, 5.74) is 1.33. The molecule has 1 nitrogen and oxygen atoms in total. The lowest BCUT2D eigenvalue weighted by molar-refractivity contribution is 0.465. The molecule has 2 saturated carbocycles. The van der Waals surface area contributed by atoms with Crippen LogP contribution in [-0.4, -0.2) is 16.6 Å². The second kappa shape index (κ2) is 7.93. The molecule has 0 aromatic carbocycles. The Balaban J connectivity index is 2.17. The van der Waals surface area contributed by atoms with Crippen LogP contribution < -0.4 is 0 Å². The van der Waals surface area contributed by atoms with Gasteiger partial charge in [-0.25, -0.2) is 0 Å². The monoisotopic (exact) mass is 374 g/mol. The van der Waals surface area contributed by atoms with Gasteiger partial charge < -0.3 is 4.12 Å². The van der Waals surface area contributed by atoms with Crippen molar-refractivity contribution in [2.24, 2.45) is 23.7 Å². The Morgan fingerprint density at radius 1 is 0.640 bits per heavy atom. The van der Waals surface area contributed by atoms with Gasteiger partial charge in [-0.1, -0.05) is 24.3 Å².